The van der Waals surface area contributed by atoms with Crippen molar-refractivity contribution in [2.24, 2.45) is 0 Å². The van der Waals surface area contributed by atoms with E-state index >= 15 is 0 Å². The average Bonchev–Trinajstić information content (AvgIpc) is 2.83. The number of aromatic nitrogens is 1. The van der Waals surface area contributed by atoms with Crippen LogP contribution in [0.15, 0.2) is 41.3 Å². The standard InChI is InChI=1S/C11H10N2O3/c1-15-10-5-3-2-4-8(10)13-11(14)9-6-16-7-12-9/h2-7H,1H3,(H,13,14). The number of rotatable bonds is 3. The van der Waals surface area contributed by atoms with Crippen LogP contribution in [0.2, 0.25) is 0 Å². The van der Waals surface area contributed by atoms with Crippen LogP contribution in [0.5, 0.6) is 5.75 Å². The second-order valence-corrected chi connectivity index (χ2v) is 3.03. The smallest absolute Gasteiger partial charge is 0.277 e. The number of nitrogens with zero attached hydrogens (tertiary/aromatic N) is 1. The molecule has 0 bridgehead atoms. The highest BCUT2D eigenvalue weighted by molar-refractivity contribution is 6.03. The number of para-hydroxylation sites is 2. The van der Waals surface area contributed by atoms with Crippen LogP contribution >= 0.6 is 0 Å². The molecular weight excluding hydrogens is 208 g/mol. The molecule has 2 rings (SSSR count). The Balaban J connectivity index is 2.18. The minimum atomic E-state index is -0.335. The number of carbonyl (C=O) groups excluding carboxylic acids is 1. The highest BCUT2D eigenvalue weighted by Gasteiger charge is 2.11. The van der Waals surface area contributed by atoms with E-state index in [0.717, 1.165) is 0 Å². The van der Waals surface area contributed by atoms with Crippen LogP contribution in [0.25, 0.3) is 0 Å². The number of methoxy groups -OCH3 is 1. The quantitative estimate of drug-likeness (QED) is 0.854. The molecule has 0 spiro atoms. The number of carbonyl (C=O) groups is 1. The van der Waals surface area contributed by atoms with Gasteiger partial charge in [0.15, 0.2) is 12.1 Å². The van der Waals surface area contributed by atoms with Gasteiger partial charge in [-0.3, -0.25) is 4.79 Å². The molecule has 1 N–H and O–H groups in total. The zero-order chi connectivity index (χ0) is 11.4. The normalized spacial score (nSPS) is 9.81. The lowest BCUT2D eigenvalue weighted by Gasteiger charge is -2.08. The van der Waals surface area contributed by atoms with Crippen molar-refractivity contribution in [3.63, 3.8) is 0 Å². The van der Waals surface area contributed by atoms with E-state index in [2.05, 4.69) is 10.3 Å². The predicted octanol–water partition coefficient (Wildman–Crippen LogP) is 1.94. The van der Waals surface area contributed by atoms with E-state index in [0.29, 0.717) is 11.4 Å². The SMILES string of the molecule is COc1ccccc1NC(=O)c1cocn1. The molecule has 0 saturated carbocycles. The Labute approximate surface area is 92.1 Å². The van der Waals surface area contributed by atoms with Gasteiger partial charge in [0.05, 0.1) is 12.8 Å². The van der Waals surface area contributed by atoms with Gasteiger partial charge in [-0.25, -0.2) is 4.98 Å². The molecule has 0 aliphatic rings. The van der Waals surface area contributed by atoms with Gasteiger partial charge in [-0.15, -0.1) is 0 Å². The first-order chi connectivity index (χ1) is 7.81. The third-order valence-electron chi connectivity index (χ3n) is 2.02. The number of anilines is 1. The zero-order valence-electron chi connectivity index (χ0n) is 8.64. The van der Waals surface area contributed by atoms with Gasteiger partial charge in [0, 0.05) is 0 Å². The lowest BCUT2D eigenvalue weighted by Crippen LogP contribution is -2.12. The fourth-order valence-electron chi connectivity index (χ4n) is 1.26. The molecule has 1 aromatic carbocycles. The van der Waals surface area contributed by atoms with Crippen LogP contribution in [-0.4, -0.2) is 18.0 Å². The third-order valence-corrected chi connectivity index (χ3v) is 2.02. The molecule has 82 valence electrons. The van der Waals surface area contributed by atoms with Crippen molar-refractivity contribution >= 4 is 11.6 Å². The maximum Gasteiger partial charge on any atom is 0.277 e. The molecule has 5 heteroatoms. The molecule has 1 aromatic heterocycles. The first-order valence-corrected chi connectivity index (χ1v) is 4.64. The highest BCUT2D eigenvalue weighted by Crippen LogP contribution is 2.23. The minimum Gasteiger partial charge on any atom is -0.495 e. The van der Waals surface area contributed by atoms with Gasteiger partial charge in [0.2, 0.25) is 0 Å². The van der Waals surface area contributed by atoms with Gasteiger partial charge < -0.3 is 14.5 Å². The van der Waals surface area contributed by atoms with Crippen LogP contribution < -0.4 is 10.1 Å². The van der Waals surface area contributed by atoms with E-state index in [9.17, 15) is 4.79 Å². The van der Waals surface area contributed by atoms with E-state index in [1.165, 1.54) is 12.7 Å². The van der Waals surface area contributed by atoms with Crippen LogP contribution in [0.1, 0.15) is 10.5 Å². The minimum absolute atomic E-state index is 0.228. The Kier molecular flexibility index (Phi) is 2.86. The van der Waals surface area contributed by atoms with E-state index in [4.69, 9.17) is 9.15 Å². The fourth-order valence-corrected chi connectivity index (χ4v) is 1.26. The molecule has 0 atom stereocenters. The third kappa shape index (κ3) is 2.03. The number of ether oxygens (including phenoxy) is 1. The molecule has 1 amide bonds. The number of hydrogen-bond acceptors (Lipinski definition) is 4. The van der Waals surface area contributed by atoms with Crippen molar-refractivity contribution < 1.29 is 13.9 Å². The van der Waals surface area contributed by atoms with E-state index in [-0.39, 0.29) is 11.6 Å². The number of oxazole rings is 1. The van der Waals surface area contributed by atoms with Crippen LogP contribution in [0.3, 0.4) is 0 Å². The Morgan fingerprint density at radius 1 is 1.44 bits per heavy atom. The van der Waals surface area contributed by atoms with Crippen molar-refractivity contribution in [3.05, 3.63) is 42.6 Å². The second-order valence-electron chi connectivity index (χ2n) is 3.03. The number of nitrogens with one attached hydrogen (secondary N) is 1. The summed E-state index contributed by atoms with van der Waals surface area (Å²) in [5.41, 5.74) is 0.823. The van der Waals surface area contributed by atoms with Crippen LogP contribution in [0.4, 0.5) is 5.69 Å². The van der Waals surface area contributed by atoms with Crippen molar-refractivity contribution in [1.82, 2.24) is 4.98 Å². The van der Waals surface area contributed by atoms with Crippen molar-refractivity contribution in [2.45, 2.75) is 0 Å². The summed E-state index contributed by atoms with van der Waals surface area (Å²) >= 11 is 0. The molecule has 0 aliphatic heterocycles. The Morgan fingerprint density at radius 2 is 2.25 bits per heavy atom. The van der Waals surface area contributed by atoms with Crippen LogP contribution in [0, 0.1) is 0 Å². The fraction of sp³-hybridized carbons (Fsp3) is 0.0909. The Hall–Kier alpha value is -2.30. The lowest BCUT2D eigenvalue weighted by molar-refractivity contribution is 0.102. The summed E-state index contributed by atoms with van der Waals surface area (Å²) in [7, 11) is 1.54. The topological polar surface area (TPSA) is 64.4 Å². The zero-order valence-corrected chi connectivity index (χ0v) is 8.64. The summed E-state index contributed by atoms with van der Waals surface area (Å²) in [6, 6.07) is 7.14. The molecule has 0 unspecified atom stereocenters. The van der Waals surface area contributed by atoms with Gasteiger partial charge in [-0.2, -0.15) is 0 Å². The maximum atomic E-state index is 11.7. The van der Waals surface area contributed by atoms with Crippen molar-refractivity contribution in [3.8, 4) is 5.75 Å². The number of benzene rings is 1. The molecule has 16 heavy (non-hydrogen) atoms. The summed E-state index contributed by atoms with van der Waals surface area (Å²) < 4.78 is 9.83. The molecule has 0 aliphatic carbocycles. The largest absolute Gasteiger partial charge is 0.495 e. The Bertz CT molecular complexity index is 480. The van der Waals surface area contributed by atoms with Crippen LogP contribution in [-0.2, 0) is 0 Å². The second kappa shape index (κ2) is 4.48. The molecule has 0 saturated heterocycles. The summed E-state index contributed by atoms with van der Waals surface area (Å²) in [5, 5.41) is 2.68. The van der Waals surface area contributed by atoms with E-state index < -0.39 is 0 Å². The number of amides is 1. The molecule has 5 nitrogen and oxygen atoms in total. The van der Waals surface area contributed by atoms with Crippen molar-refractivity contribution in [2.75, 3.05) is 12.4 Å². The summed E-state index contributed by atoms with van der Waals surface area (Å²) in [4.78, 5) is 15.4. The van der Waals surface area contributed by atoms with E-state index in [1.807, 2.05) is 6.07 Å². The summed E-state index contributed by atoms with van der Waals surface area (Å²) in [5.74, 6) is 0.262. The van der Waals surface area contributed by atoms with Crippen molar-refractivity contribution in [1.29, 1.82) is 0 Å². The first-order valence-electron chi connectivity index (χ1n) is 4.64. The van der Waals surface area contributed by atoms with Gasteiger partial charge in [-0.1, -0.05) is 12.1 Å². The number of hydrogen-bond donors (Lipinski definition) is 1. The summed E-state index contributed by atoms with van der Waals surface area (Å²) in [6.07, 6.45) is 2.49. The predicted molar refractivity (Wildman–Crippen MR) is 57.5 cm³/mol. The van der Waals surface area contributed by atoms with E-state index in [1.54, 1.807) is 25.3 Å². The monoisotopic (exact) mass is 218 g/mol. The summed E-state index contributed by atoms with van der Waals surface area (Å²) in [6.45, 7) is 0. The molecule has 2 aromatic rings. The average molecular weight is 218 g/mol. The lowest BCUT2D eigenvalue weighted by atomic mass is 10.3. The van der Waals surface area contributed by atoms with Gasteiger partial charge >= 0.3 is 0 Å². The van der Waals surface area contributed by atoms with Gasteiger partial charge in [0.1, 0.15) is 12.0 Å². The highest BCUT2D eigenvalue weighted by atomic mass is 16.5. The first kappa shape index (κ1) is 10.2. The van der Waals surface area contributed by atoms with Gasteiger partial charge in [0.25, 0.3) is 5.91 Å². The molecule has 0 fully saturated rings. The van der Waals surface area contributed by atoms with Gasteiger partial charge in [-0.05, 0) is 12.1 Å². The molecule has 1 heterocycles. The molecule has 0 radical (unpaired) electrons. The molecular formula is C11H10N2O3. The Morgan fingerprint density at radius 3 is 2.94 bits per heavy atom. The maximum absolute atomic E-state index is 11.7.